The lowest BCUT2D eigenvalue weighted by molar-refractivity contribution is -0.138. The topological polar surface area (TPSA) is 62.5 Å². The predicted octanol–water partition coefficient (Wildman–Crippen LogP) is 4.19. The SMILES string of the molecule is O=C(C1CCCN(Cc2nc(-c3cccc(Cl)c3)no2)C1)N1CCc2ccccc2C1. The van der Waals surface area contributed by atoms with Crippen molar-refractivity contribution in [3.63, 3.8) is 0 Å². The number of hydrogen-bond acceptors (Lipinski definition) is 5. The molecule has 0 bridgehead atoms. The highest BCUT2D eigenvalue weighted by atomic mass is 35.5. The second kappa shape index (κ2) is 8.81. The van der Waals surface area contributed by atoms with Gasteiger partial charge in [-0.05, 0) is 49.1 Å². The number of halogens is 1. The Morgan fingerprint density at radius 2 is 2.00 bits per heavy atom. The third-order valence-corrected chi connectivity index (χ3v) is 6.44. The number of nitrogens with zero attached hydrogens (tertiary/aromatic N) is 4. The van der Waals surface area contributed by atoms with Crippen LogP contribution in [0, 0.1) is 5.92 Å². The molecule has 7 heteroatoms. The standard InChI is InChI=1S/C24H25ClN4O2/c25-21-9-3-7-18(13-21)23-26-22(31-27-23)16-28-11-4-8-20(14-28)24(30)29-12-10-17-5-1-2-6-19(17)15-29/h1-3,5-7,9,13,20H,4,8,10-12,14-16H2. The Kier molecular flexibility index (Phi) is 5.74. The number of carbonyl (C=O) groups is 1. The highest BCUT2D eigenvalue weighted by molar-refractivity contribution is 6.30. The van der Waals surface area contributed by atoms with Crippen molar-refractivity contribution in [2.24, 2.45) is 5.92 Å². The number of carbonyl (C=O) groups excluding carboxylic acids is 1. The van der Waals surface area contributed by atoms with Gasteiger partial charge in [0.25, 0.3) is 0 Å². The average molecular weight is 437 g/mol. The molecule has 0 radical (unpaired) electrons. The van der Waals surface area contributed by atoms with Gasteiger partial charge in [0.2, 0.25) is 17.6 Å². The Balaban J connectivity index is 1.21. The van der Waals surface area contributed by atoms with E-state index < -0.39 is 0 Å². The summed E-state index contributed by atoms with van der Waals surface area (Å²) in [6.45, 7) is 3.74. The Labute approximate surface area is 186 Å². The van der Waals surface area contributed by atoms with E-state index in [1.165, 1.54) is 11.1 Å². The zero-order chi connectivity index (χ0) is 21.2. The van der Waals surface area contributed by atoms with Crippen LogP contribution in [-0.2, 0) is 24.3 Å². The maximum atomic E-state index is 13.2. The van der Waals surface area contributed by atoms with Crippen molar-refractivity contribution in [1.29, 1.82) is 0 Å². The van der Waals surface area contributed by atoms with E-state index in [2.05, 4.69) is 39.3 Å². The highest BCUT2D eigenvalue weighted by Crippen LogP contribution is 2.25. The molecule has 5 rings (SSSR count). The van der Waals surface area contributed by atoms with Crippen LogP contribution in [0.5, 0.6) is 0 Å². The van der Waals surface area contributed by atoms with Crippen LogP contribution in [0.25, 0.3) is 11.4 Å². The summed E-state index contributed by atoms with van der Waals surface area (Å²) in [6, 6.07) is 15.8. The van der Waals surface area contributed by atoms with Crippen molar-refractivity contribution in [1.82, 2.24) is 19.9 Å². The van der Waals surface area contributed by atoms with Crippen LogP contribution in [0.15, 0.2) is 53.1 Å². The lowest BCUT2D eigenvalue weighted by Crippen LogP contribution is -2.46. The molecular formula is C24H25ClN4O2. The fourth-order valence-electron chi connectivity index (χ4n) is 4.60. The first kappa shape index (κ1) is 20.2. The minimum Gasteiger partial charge on any atom is -0.338 e. The third-order valence-electron chi connectivity index (χ3n) is 6.21. The molecule has 0 aliphatic carbocycles. The maximum absolute atomic E-state index is 13.2. The van der Waals surface area contributed by atoms with Gasteiger partial charge >= 0.3 is 0 Å². The molecule has 0 saturated carbocycles. The molecule has 1 aromatic heterocycles. The van der Waals surface area contributed by atoms with Gasteiger partial charge in [0.1, 0.15) is 0 Å². The van der Waals surface area contributed by atoms with E-state index in [0.717, 1.165) is 51.0 Å². The lowest BCUT2D eigenvalue weighted by Gasteiger charge is -2.36. The second-order valence-electron chi connectivity index (χ2n) is 8.37. The monoisotopic (exact) mass is 436 g/mol. The quantitative estimate of drug-likeness (QED) is 0.613. The number of fused-ring (bicyclic) bond motifs is 1. The number of likely N-dealkylation sites (tertiary alicyclic amines) is 1. The van der Waals surface area contributed by atoms with Crippen LogP contribution in [0.4, 0.5) is 0 Å². The van der Waals surface area contributed by atoms with Gasteiger partial charge in [-0.15, -0.1) is 0 Å². The zero-order valence-corrected chi connectivity index (χ0v) is 18.1. The lowest BCUT2D eigenvalue weighted by atomic mass is 9.94. The molecule has 0 spiro atoms. The molecule has 160 valence electrons. The summed E-state index contributed by atoms with van der Waals surface area (Å²) in [4.78, 5) is 22.0. The van der Waals surface area contributed by atoms with Crippen molar-refractivity contribution in [2.45, 2.75) is 32.4 Å². The molecule has 3 aromatic rings. The van der Waals surface area contributed by atoms with Crippen molar-refractivity contribution >= 4 is 17.5 Å². The van der Waals surface area contributed by atoms with E-state index in [9.17, 15) is 4.79 Å². The number of benzene rings is 2. The van der Waals surface area contributed by atoms with Crippen LogP contribution in [0.2, 0.25) is 5.02 Å². The van der Waals surface area contributed by atoms with E-state index in [1.807, 2.05) is 29.2 Å². The Hall–Kier alpha value is -2.70. The summed E-state index contributed by atoms with van der Waals surface area (Å²) in [5, 5.41) is 4.74. The molecule has 2 aromatic carbocycles. The van der Waals surface area contributed by atoms with Crippen LogP contribution in [-0.4, -0.2) is 45.5 Å². The molecule has 1 atom stereocenters. The Morgan fingerprint density at radius 3 is 2.87 bits per heavy atom. The van der Waals surface area contributed by atoms with Gasteiger partial charge in [0.15, 0.2) is 0 Å². The Morgan fingerprint density at radius 1 is 1.13 bits per heavy atom. The summed E-state index contributed by atoms with van der Waals surface area (Å²) < 4.78 is 5.47. The van der Waals surface area contributed by atoms with Gasteiger partial charge in [0, 0.05) is 30.2 Å². The summed E-state index contributed by atoms with van der Waals surface area (Å²) in [6.07, 6.45) is 2.87. The van der Waals surface area contributed by atoms with Crippen molar-refractivity contribution in [2.75, 3.05) is 19.6 Å². The van der Waals surface area contributed by atoms with Crippen LogP contribution >= 0.6 is 11.6 Å². The first-order valence-electron chi connectivity index (χ1n) is 10.8. The summed E-state index contributed by atoms with van der Waals surface area (Å²) >= 11 is 6.06. The summed E-state index contributed by atoms with van der Waals surface area (Å²) in [5.41, 5.74) is 3.47. The molecule has 2 aliphatic heterocycles. The molecule has 6 nitrogen and oxygen atoms in total. The smallest absolute Gasteiger partial charge is 0.241 e. The van der Waals surface area contributed by atoms with Gasteiger partial charge in [-0.25, -0.2) is 0 Å². The molecule has 1 fully saturated rings. The molecule has 1 unspecified atom stereocenters. The molecule has 0 N–H and O–H groups in total. The van der Waals surface area contributed by atoms with Crippen molar-refractivity contribution in [3.8, 4) is 11.4 Å². The van der Waals surface area contributed by atoms with E-state index in [1.54, 1.807) is 0 Å². The van der Waals surface area contributed by atoms with Crippen molar-refractivity contribution in [3.05, 3.63) is 70.6 Å². The largest absolute Gasteiger partial charge is 0.338 e. The van der Waals surface area contributed by atoms with Crippen molar-refractivity contribution < 1.29 is 9.32 Å². The van der Waals surface area contributed by atoms with Crippen LogP contribution in [0.1, 0.15) is 29.9 Å². The first-order chi connectivity index (χ1) is 15.2. The molecule has 1 saturated heterocycles. The zero-order valence-electron chi connectivity index (χ0n) is 17.3. The third kappa shape index (κ3) is 4.50. The number of aromatic nitrogens is 2. The van der Waals surface area contributed by atoms with Gasteiger partial charge in [0.05, 0.1) is 12.5 Å². The molecule has 2 aliphatic rings. The highest BCUT2D eigenvalue weighted by Gasteiger charge is 2.31. The van der Waals surface area contributed by atoms with E-state index in [0.29, 0.717) is 23.3 Å². The predicted molar refractivity (Wildman–Crippen MR) is 118 cm³/mol. The minimum atomic E-state index is 0.0225. The van der Waals surface area contributed by atoms with Crippen LogP contribution < -0.4 is 0 Å². The second-order valence-corrected chi connectivity index (χ2v) is 8.81. The number of amides is 1. The average Bonchev–Trinajstić information content (AvgIpc) is 3.27. The summed E-state index contributed by atoms with van der Waals surface area (Å²) in [7, 11) is 0. The normalized spacial score (nSPS) is 19.3. The van der Waals surface area contributed by atoms with E-state index in [-0.39, 0.29) is 11.8 Å². The fraction of sp³-hybridized carbons (Fsp3) is 0.375. The van der Waals surface area contributed by atoms with Gasteiger partial charge in [-0.3, -0.25) is 9.69 Å². The fourth-order valence-corrected chi connectivity index (χ4v) is 4.79. The Bertz CT molecular complexity index is 1080. The maximum Gasteiger partial charge on any atom is 0.241 e. The molecule has 3 heterocycles. The van der Waals surface area contributed by atoms with E-state index >= 15 is 0 Å². The first-order valence-corrected chi connectivity index (χ1v) is 11.2. The number of piperidine rings is 1. The molecule has 1 amide bonds. The van der Waals surface area contributed by atoms with Crippen LogP contribution in [0.3, 0.4) is 0 Å². The van der Waals surface area contributed by atoms with Gasteiger partial charge in [-0.2, -0.15) is 4.98 Å². The summed E-state index contributed by atoms with van der Waals surface area (Å²) in [5.74, 6) is 1.39. The minimum absolute atomic E-state index is 0.0225. The molecule has 31 heavy (non-hydrogen) atoms. The number of hydrogen-bond donors (Lipinski definition) is 0. The van der Waals surface area contributed by atoms with E-state index in [4.69, 9.17) is 16.1 Å². The van der Waals surface area contributed by atoms with Gasteiger partial charge in [-0.1, -0.05) is 53.2 Å². The van der Waals surface area contributed by atoms with Gasteiger partial charge < -0.3 is 9.42 Å². The molecular weight excluding hydrogens is 412 g/mol. The number of rotatable bonds is 4.